The lowest BCUT2D eigenvalue weighted by Crippen LogP contribution is -2.33. The topological polar surface area (TPSA) is 64.1 Å². The van der Waals surface area contributed by atoms with E-state index in [-0.39, 0.29) is 11.7 Å². The predicted molar refractivity (Wildman–Crippen MR) is 78.4 cm³/mol. The standard InChI is InChI=1S/C14H14F3N7/c15-14(16,17)13-20-19-11-3-4-12(21-24(11)13)23-6-1-2-10(23)8-22-7-5-18-9-22/h3-5,7,9-10H,1-2,6,8H2. The summed E-state index contributed by atoms with van der Waals surface area (Å²) in [5, 5.41) is 10.9. The highest BCUT2D eigenvalue weighted by atomic mass is 19.4. The van der Waals surface area contributed by atoms with Gasteiger partial charge in [-0.3, -0.25) is 0 Å². The number of nitrogens with zero attached hydrogens (tertiary/aromatic N) is 7. The van der Waals surface area contributed by atoms with E-state index in [1.54, 1.807) is 18.6 Å². The van der Waals surface area contributed by atoms with E-state index in [0.717, 1.165) is 23.9 Å². The van der Waals surface area contributed by atoms with Crippen molar-refractivity contribution in [1.82, 2.24) is 29.4 Å². The predicted octanol–water partition coefficient (Wildman–Crippen LogP) is 2.01. The first-order valence-electron chi connectivity index (χ1n) is 7.54. The summed E-state index contributed by atoms with van der Waals surface area (Å²) in [5.74, 6) is -0.611. The average molecular weight is 337 g/mol. The molecule has 3 aromatic heterocycles. The fraction of sp³-hybridized carbons (Fsp3) is 0.429. The van der Waals surface area contributed by atoms with Crippen molar-refractivity contribution in [3.8, 4) is 0 Å². The van der Waals surface area contributed by atoms with Crippen LogP contribution in [0.15, 0.2) is 30.9 Å². The van der Waals surface area contributed by atoms with Crippen LogP contribution in [0, 0.1) is 0 Å². The zero-order chi connectivity index (χ0) is 16.7. The van der Waals surface area contributed by atoms with Gasteiger partial charge in [-0.15, -0.1) is 15.3 Å². The van der Waals surface area contributed by atoms with Crippen molar-refractivity contribution in [3.63, 3.8) is 0 Å². The summed E-state index contributed by atoms with van der Waals surface area (Å²) in [6.07, 6.45) is 2.63. The second-order valence-corrected chi connectivity index (χ2v) is 5.73. The Hall–Kier alpha value is -2.65. The molecule has 4 heterocycles. The summed E-state index contributed by atoms with van der Waals surface area (Å²) in [7, 11) is 0. The minimum Gasteiger partial charge on any atom is -0.350 e. The van der Waals surface area contributed by atoms with Gasteiger partial charge in [0, 0.05) is 31.5 Å². The summed E-state index contributed by atoms with van der Waals surface area (Å²) in [6, 6.07) is 3.36. The van der Waals surface area contributed by atoms with Gasteiger partial charge in [-0.1, -0.05) is 0 Å². The van der Waals surface area contributed by atoms with Gasteiger partial charge in [-0.05, 0) is 25.0 Å². The Kier molecular flexibility index (Phi) is 3.39. The summed E-state index contributed by atoms with van der Waals surface area (Å²) >= 11 is 0. The smallest absolute Gasteiger partial charge is 0.350 e. The van der Waals surface area contributed by atoms with Gasteiger partial charge >= 0.3 is 6.18 Å². The molecule has 7 nitrogen and oxygen atoms in total. The van der Waals surface area contributed by atoms with Crippen molar-refractivity contribution in [2.75, 3.05) is 11.4 Å². The Balaban J connectivity index is 1.67. The Morgan fingerprint density at radius 3 is 2.83 bits per heavy atom. The molecule has 1 saturated heterocycles. The fourth-order valence-corrected chi connectivity index (χ4v) is 3.07. The van der Waals surface area contributed by atoms with Gasteiger partial charge in [0.1, 0.15) is 5.82 Å². The number of imidazole rings is 1. The molecule has 0 aliphatic carbocycles. The van der Waals surface area contributed by atoms with Gasteiger partial charge in [-0.25, -0.2) is 4.98 Å². The third-order valence-corrected chi connectivity index (χ3v) is 4.15. The number of halogens is 3. The molecule has 0 amide bonds. The molecule has 24 heavy (non-hydrogen) atoms. The van der Waals surface area contributed by atoms with Gasteiger partial charge in [0.25, 0.3) is 5.82 Å². The lowest BCUT2D eigenvalue weighted by atomic mass is 10.2. The highest BCUT2D eigenvalue weighted by Crippen LogP contribution is 2.29. The molecule has 4 rings (SSSR count). The number of aromatic nitrogens is 6. The van der Waals surface area contributed by atoms with Crippen LogP contribution in [0.25, 0.3) is 5.65 Å². The third-order valence-electron chi connectivity index (χ3n) is 4.15. The van der Waals surface area contributed by atoms with Crippen molar-refractivity contribution < 1.29 is 13.2 Å². The number of rotatable bonds is 3. The first-order valence-corrected chi connectivity index (χ1v) is 7.54. The van der Waals surface area contributed by atoms with Gasteiger partial charge in [0.15, 0.2) is 5.65 Å². The minimum atomic E-state index is -4.59. The minimum absolute atomic E-state index is 0.0800. The first-order chi connectivity index (χ1) is 11.5. The number of anilines is 1. The highest BCUT2D eigenvalue weighted by molar-refractivity contribution is 5.47. The number of fused-ring (bicyclic) bond motifs is 1. The second-order valence-electron chi connectivity index (χ2n) is 5.73. The van der Waals surface area contributed by atoms with E-state index in [2.05, 4.69) is 20.3 Å². The van der Waals surface area contributed by atoms with Gasteiger partial charge < -0.3 is 9.47 Å². The average Bonchev–Trinajstić information content (AvgIpc) is 3.26. The maximum atomic E-state index is 13.0. The molecular formula is C14H14F3N7. The molecule has 126 valence electrons. The van der Waals surface area contributed by atoms with Crippen LogP contribution in [0.2, 0.25) is 0 Å². The van der Waals surface area contributed by atoms with Crippen LogP contribution in [-0.4, -0.2) is 41.9 Å². The maximum absolute atomic E-state index is 13.0. The third kappa shape index (κ3) is 2.57. The van der Waals surface area contributed by atoms with Crippen LogP contribution in [0.3, 0.4) is 0 Å². The Labute approximate surface area is 134 Å². The van der Waals surface area contributed by atoms with E-state index in [9.17, 15) is 13.2 Å². The molecule has 1 aliphatic rings. The SMILES string of the molecule is FC(F)(F)c1nnc2ccc(N3CCCC3Cn3ccnc3)nn12. The second kappa shape index (κ2) is 5.46. The van der Waals surface area contributed by atoms with Gasteiger partial charge in [0.2, 0.25) is 0 Å². The Morgan fingerprint density at radius 1 is 1.21 bits per heavy atom. The summed E-state index contributed by atoms with van der Waals surface area (Å²) in [6.45, 7) is 1.47. The molecule has 0 N–H and O–H groups in total. The van der Waals surface area contributed by atoms with Crippen molar-refractivity contribution in [2.45, 2.75) is 31.6 Å². The van der Waals surface area contributed by atoms with Crippen LogP contribution >= 0.6 is 0 Å². The molecular weight excluding hydrogens is 323 g/mol. The quantitative estimate of drug-likeness (QED) is 0.731. The van der Waals surface area contributed by atoms with E-state index in [1.165, 1.54) is 6.07 Å². The molecule has 0 radical (unpaired) electrons. The van der Waals surface area contributed by atoms with Crippen LogP contribution in [0.5, 0.6) is 0 Å². The fourth-order valence-electron chi connectivity index (χ4n) is 3.07. The van der Waals surface area contributed by atoms with E-state index in [1.807, 2.05) is 15.7 Å². The van der Waals surface area contributed by atoms with Gasteiger partial charge in [0.05, 0.1) is 6.33 Å². The zero-order valence-electron chi connectivity index (χ0n) is 12.6. The number of hydrogen-bond acceptors (Lipinski definition) is 5. The van der Waals surface area contributed by atoms with Crippen molar-refractivity contribution in [3.05, 3.63) is 36.7 Å². The van der Waals surface area contributed by atoms with E-state index in [4.69, 9.17) is 0 Å². The number of alkyl halides is 3. The van der Waals surface area contributed by atoms with E-state index in [0.29, 0.717) is 12.4 Å². The molecule has 1 fully saturated rings. The molecule has 10 heteroatoms. The molecule has 0 aromatic carbocycles. The van der Waals surface area contributed by atoms with Crippen molar-refractivity contribution in [1.29, 1.82) is 0 Å². The molecule has 0 saturated carbocycles. The molecule has 0 spiro atoms. The summed E-state index contributed by atoms with van der Waals surface area (Å²) in [5.41, 5.74) is 0.0800. The van der Waals surface area contributed by atoms with E-state index < -0.39 is 12.0 Å². The van der Waals surface area contributed by atoms with Crippen LogP contribution in [0.4, 0.5) is 19.0 Å². The highest BCUT2D eigenvalue weighted by Gasteiger charge is 2.38. The summed E-state index contributed by atoms with van der Waals surface area (Å²) in [4.78, 5) is 6.05. The maximum Gasteiger partial charge on any atom is 0.453 e. The lowest BCUT2D eigenvalue weighted by Gasteiger charge is -2.25. The van der Waals surface area contributed by atoms with Crippen LogP contribution < -0.4 is 4.90 Å². The van der Waals surface area contributed by atoms with Crippen molar-refractivity contribution >= 4 is 11.5 Å². The molecule has 3 aromatic rings. The summed E-state index contributed by atoms with van der Waals surface area (Å²) < 4.78 is 41.7. The molecule has 1 unspecified atom stereocenters. The van der Waals surface area contributed by atoms with Crippen LogP contribution in [0.1, 0.15) is 18.7 Å². The monoisotopic (exact) mass is 337 g/mol. The zero-order valence-corrected chi connectivity index (χ0v) is 12.6. The Bertz CT molecular complexity index is 840. The lowest BCUT2D eigenvalue weighted by molar-refractivity contribution is -0.146. The largest absolute Gasteiger partial charge is 0.453 e. The molecule has 1 atom stereocenters. The molecule has 1 aliphatic heterocycles. The van der Waals surface area contributed by atoms with Crippen LogP contribution in [-0.2, 0) is 12.7 Å². The number of hydrogen-bond donors (Lipinski definition) is 0. The first kappa shape index (κ1) is 14.9. The molecule has 0 bridgehead atoms. The van der Waals surface area contributed by atoms with Gasteiger partial charge in [-0.2, -0.15) is 17.7 Å². The van der Waals surface area contributed by atoms with Crippen molar-refractivity contribution in [2.24, 2.45) is 0 Å². The normalized spacial score (nSPS) is 18.6. The Morgan fingerprint density at radius 2 is 2.08 bits per heavy atom. The van der Waals surface area contributed by atoms with E-state index >= 15 is 0 Å².